The molecule has 0 aliphatic heterocycles. The molecule has 0 bridgehead atoms. The number of anilines is 2. The van der Waals surface area contributed by atoms with Gasteiger partial charge in [-0.25, -0.2) is 13.6 Å². The van der Waals surface area contributed by atoms with Gasteiger partial charge in [-0.1, -0.05) is 31.5 Å². The van der Waals surface area contributed by atoms with Gasteiger partial charge in [-0.2, -0.15) is 0 Å². The van der Waals surface area contributed by atoms with E-state index in [1.165, 1.54) is 6.07 Å². The van der Waals surface area contributed by atoms with Gasteiger partial charge in [-0.15, -0.1) is 0 Å². The fraction of sp³-hybridized carbons (Fsp3) is 0.227. The first-order valence-corrected chi connectivity index (χ1v) is 11.3. The van der Waals surface area contributed by atoms with Gasteiger partial charge in [0.05, 0.1) is 17.1 Å². The number of nitrogens with zero attached hydrogens (tertiary/aromatic N) is 1. The van der Waals surface area contributed by atoms with Crippen LogP contribution in [0.15, 0.2) is 65.7 Å². The number of pyridine rings is 1. The predicted molar refractivity (Wildman–Crippen MR) is 119 cm³/mol. The number of benzene rings is 2. The van der Waals surface area contributed by atoms with E-state index in [-0.39, 0.29) is 10.6 Å². The van der Waals surface area contributed by atoms with Crippen molar-refractivity contribution in [3.8, 4) is 11.5 Å². The molecule has 1 aromatic heterocycles. The molecule has 5 N–H and O–H groups in total. The Bertz CT molecular complexity index is 1100. The quantitative estimate of drug-likeness (QED) is 0.446. The SMILES string of the molecule is CCCCNc1cc(Cc2ncccc2N)cc(S(N)(=O)=O)c1Oc1ccccc1. The average molecular weight is 427 g/mol. The van der Waals surface area contributed by atoms with E-state index in [4.69, 9.17) is 15.6 Å². The maximum absolute atomic E-state index is 12.4. The van der Waals surface area contributed by atoms with Gasteiger partial charge in [0.2, 0.25) is 10.0 Å². The van der Waals surface area contributed by atoms with E-state index in [9.17, 15) is 8.42 Å². The molecule has 7 nitrogen and oxygen atoms in total. The van der Waals surface area contributed by atoms with E-state index in [0.717, 1.165) is 12.8 Å². The summed E-state index contributed by atoms with van der Waals surface area (Å²) in [5.74, 6) is 0.695. The number of nitrogens with two attached hydrogens (primary N) is 2. The molecule has 30 heavy (non-hydrogen) atoms. The van der Waals surface area contributed by atoms with Gasteiger partial charge in [0.15, 0.2) is 5.75 Å². The lowest BCUT2D eigenvalue weighted by atomic mass is 10.1. The highest BCUT2D eigenvalue weighted by atomic mass is 32.2. The third-order valence-electron chi connectivity index (χ3n) is 4.53. The number of aromatic nitrogens is 1. The molecule has 0 radical (unpaired) electrons. The Morgan fingerprint density at radius 1 is 1.10 bits per heavy atom. The number of unbranched alkanes of at least 4 members (excludes halogenated alkanes) is 1. The van der Waals surface area contributed by atoms with Gasteiger partial charge in [-0.3, -0.25) is 4.98 Å². The molecule has 0 fully saturated rings. The van der Waals surface area contributed by atoms with E-state index >= 15 is 0 Å². The van der Waals surface area contributed by atoms with Crippen molar-refractivity contribution in [2.75, 3.05) is 17.6 Å². The molecule has 0 atom stereocenters. The molecular weight excluding hydrogens is 400 g/mol. The van der Waals surface area contributed by atoms with Crippen molar-refractivity contribution in [1.29, 1.82) is 0 Å². The van der Waals surface area contributed by atoms with Gasteiger partial charge in [0.25, 0.3) is 0 Å². The molecule has 0 aliphatic rings. The second-order valence-corrected chi connectivity index (χ2v) is 8.46. The van der Waals surface area contributed by atoms with Crippen LogP contribution in [0.3, 0.4) is 0 Å². The van der Waals surface area contributed by atoms with E-state index < -0.39 is 10.0 Å². The zero-order valence-electron chi connectivity index (χ0n) is 16.8. The molecule has 1 heterocycles. The lowest BCUT2D eigenvalue weighted by Gasteiger charge is -2.18. The normalized spacial score (nSPS) is 11.3. The van der Waals surface area contributed by atoms with Crippen LogP contribution in [-0.4, -0.2) is 19.9 Å². The Morgan fingerprint density at radius 2 is 1.87 bits per heavy atom. The van der Waals surface area contributed by atoms with Crippen molar-refractivity contribution < 1.29 is 13.2 Å². The summed E-state index contributed by atoms with van der Waals surface area (Å²) in [6.07, 6.45) is 3.93. The first kappa shape index (κ1) is 21.6. The average Bonchev–Trinajstić information content (AvgIpc) is 2.71. The number of nitrogen functional groups attached to an aromatic ring is 1. The van der Waals surface area contributed by atoms with Crippen LogP contribution in [0.4, 0.5) is 11.4 Å². The standard InChI is InChI=1S/C22H26N4O3S/c1-2-3-11-26-20-14-16(13-19-18(23)10-7-12-25-19)15-21(30(24,27)28)22(20)29-17-8-5-4-6-9-17/h4-10,12,14-15,26H,2-3,11,13,23H2,1H3,(H2,24,27,28). The van der Waals surface area contributed by atoms with Crippen molar-refractivity contribution >= 4 is 21.4 Å². The highest BCUT2D eigenvalue weighted by molar-refractivity contribution is 7.89. The van der Waals surface area contributed by atoms with Gasteiger partial charge >= 0.3 is 0 Å². The van der Waals surface area contributed by atoms with E-state index in [0.29, 0.717) is 41.3 Å². The van der Waals surface area contributed by atoms with Crippen LogP contribution in [-0.2, 0) is 16.4 Å². The van der Waals surface area contributed by atoms with E-state index in [1.807, 2.05) is 24.3 Å². The lowest BCUT2D eigenvalue weighted by molar-refractivity contribution is 0.469. The van der Waals surface area contributed by atoms with Crippen LogP contribution in [0.25, 0.3) is 0 Å². The van der Waals surface area contributed by atoms with Crippen LogP contribution in [0.2, 0.25) is 0 Å². The maximum Gasteiger partial charge on any atom is 0.241 e. The van der Waals surface area contributed by atoms with Crippen molar-refractivity contribution in [2.24, 2.45) is 5.14 Å². The van der Waals surface area contributed by atoms with Gasteiger partial charge in [-0.05, 0) is 48.4 Å². The number of sulfonamides is 1. The molecule has 3 aromatic rings. The van der Waals surface area contributed by atoms with Crippen LogP contribution >= 0.6 is 0 Å². The molecular formula is C22H26N4O3S. The highest BCUT2D eigenvalue weighted by Gasteiger charge is 2.22. The number of hydrogen-bond donors (Lipinski definition) is 3. The highest BCUT2D eigenvalue weighted by Crippen LogP contribution is 2.37. The Kier molecular flexibility index (Phi) is 6.91. The number of primary sulfonamides is 1. The summed E-state index contributed by atoms with van der Waals surface area (Å²) >= 11 is 0. The van der Waals surface area contributed by atoms with Crippen molar-refractivity contribution in [3.63, 3.8) is 0 Å². The summed E-state index contributed by atoms with van der Waals surface area (Å²) in [5, 5.41) is 8.84. The summed E-state index contributed by atoms with van der Waals surface area (Å²) in [6, 6.07) is 15.9. The zero-order chi connectivity index (χ0) is 21.6. The monoisotopic (exact) mass is 426 g/mol. The van der Waals surface area contributed by atoms with Gasteiger partial charge in [0, 0.05) is 19.2 Å². The molecule has 0 spiro atoms. The molecule has 0 saturated heterocycles. The third-order valence-corrected chi connectivity index (χ3v) is 5.44. The van der Waals surface area contributed by atoms with Crippen molar-refractivity contribution in [3.05, 3.63) is 72.1 Å². The summed E-state index contributed by atoms with van der Waals surface area (Å²) in [7, 11) is -4.05. The third kappa shape index (κ3) is 5.49. The summed E-state index contributed by atoms with van der Waals surface area (Å²) in [4.78, 5) is 4.22. The minimum Gasteiger partial charge on any atom is -0.454 e. The molecule has 2 aromatic carbocycles. The van der Waals surface area contributed by atoms with Gasteiger partial charge in [0.1, 0.15) is 10.6 Å². The second-order valence-electron chi connectivity index (χ2n) is 6.93. The Morgan fingerprint density at radius 3 is 2.53 bits per heavy atom. The summed E-state index contributed by atoms with van der Waals surface area (Å²) in [5.41, 5.74) is 8.49. The Hall–Kier alpha value is -3.10. The molecule has 158 valence electrons. The Labute approximate surface area is 177 Å². The minimum atomic E-state index is -4.05. The van der Waals surface area contributed by atoms with E-state index in [2.05, 4.69) is 17.2 Å². The zero-order valence-corrected chi connectivity index (χ0v) is 17.7. The molecule has 3 rings (SSSR count). The number of nitrogens with one attached hydrogen (secondary N) is 1. The Balaban J connectivity index is 2.09. The molecule has 0 unspecified atom stereocenters. The first-order chi connectivity index (χ1) is 14.4. The molecule has 0 aliphatic carbocycles. The molecule has 0 saturated carbocycles. The molecule has 8 heteroatoms. The number of hydrogen-bond acceptors (Lipinski definition) is 6. The smallest absolute Gasteiger partial charge is 0.241 e. The predicted octanol–water partition coefficient (Wildman–Crippen LogP) is 3.91. The fourth-order valence-corrected chi connectivity index (χ4v) is 3.73. The summed E-state index contributed by atoms with van der Waals surface area (Å²) in [6.45, 7) is 2.75. The topological polar surface area (TPSA) is 120 Å². The summed E-state index contributed by atoms with van der Waals surface area (Å²) < 4.78 is 30.8. The lowest BCUT2D eigenvalue weighted by Crippen LogP contribution is -2.15. The fourth-order valence-electron chi connectivity index (χ4n) is 3.01. The minimum absolute atomic E-state index is 0.0858. The number of para-hydroxylation sites is 1. The van der Waals surface area contributed by atoms with Crippen LogP contribution < -0.4 is 20.9 Å². The molecule has 0 amide bonds. The van der Waals surface area contributed by atoms with Crippen LogP contribution in [0, 0.1) is 0 Å². The van der Waals surface area contributed by atoms with Crippen LogP contribution in [0.1, 0.15) is 31.0 Å². The van der Waals surface area contributed by atoms with Crippen molar-refractivity contribution in [2.45, 2.75) is 31.1 Å². The number of rotatable bonds is 9. The van der Waals surface area contributed by atoms with Gasteiger partial charge < -0.3 is 15.8 Å². The number of ether oxygens (including phenoxy) is 1. The largest absolute Gasteiger partial charge is 0.454 e. The van der Waals surface area contributed by atoms with Crippen molar-refractivity contribution in [1.82, 2.24) is 4.98 Å². The second kappa shape index (κ2) is 9.60. The first-order valence-electron chi connectivity index (χ1n) is 9.74. The van der Waals surface area contributed by atoms with Crippen LogP contribution in [0.5, 0.6) is 11.5 Å². The van der Waals surface area contributed by atoms with E-state index in [1.54, 1.807) is 30.5 Å². The maximum atomic E-state index is 12.4.